The van der Waals surface area contributed by atoms with E-state index in [-0.39, 0.29) is 11.3 Å². The summed E-state index contributed by atoms with van der Waals surface area (Å²) in [6, 6.07) is 8.58. The van der Waals surface area contributed by atoms with Gasteiger partial charge in [-0.25, -0.2) is 0 Å². The van der Waals surface area contributed by atoms with Crippen molar-refractivity contribution >= 4 is 5.69 Å². The zero-order chi connectivity index (χ0) is 15.6. The molecule has 106 valence electrons. The molecule has 2 rings (SSSR count). The number of benzene rings is 2. The molecule has 0 N–H and O–H groups in total. The van der Waals surface area contributed by atoms with E-state index in [2.05, 4.69) is 5.92 Å². The first-order chi connectivity index (χ1) is 9.82. The van der Waals surface area contributed by atoms with Gasteiger partial charge >= 0.3 is 6.18 Å². The van der Waals surface area contributed by atoms with Gasteiger partial charge in [-0.1, -0.05) is 18.1 Å². The van der Waals surface area contributed by atoms with Crippen LogP contribution in [0.3, 0.4) is 0 Å². The Balaban J connectivity index is 2.44. The molecule has 0 bridgehead atoms. The lowest BCUT2D eigenvalue weighted by molar-refractivity contribution is -0.385. The largest absolute Gasteiger partial charge is 0.416 e. The van der Waals surface area contributed by atoms with Crippen molar-refractivity contribution < 1.29 is 18.1 Å². The van der Waals surface area contributed by atoms with Crippen molar-refractivity contribution in [2.75, 3.05) is 0 Å². The molecule has 0 heterocycles. The van der Waals surface area contributed by atoms with Crippen molar-refractivity contribution in [2.24, 2.45) is 0 Å². The third-order valence-electron chi connectivity index (χ3n) is 2.89. The van der Waals surface area contributed by atoms with Crippen LogP contribution in [-0.2, 0) is 6.18 Å². The van der Waals surface area contributed by atoms with Crippen LogP contribution in [0.25, 0.3) is 11.1 Å². The summed E-state index contributed by atoms with van der Waals surface area (Å²) in [6.07, 6.45) is 0.809. The van der Waals surface area contributed by atoms with Crippen LogP contribution in [0, 0.1) is 22.5 Å². The Hall–Kier alpha value is -2.81. The van der Waals surface area contributed by atoms with Crippen molar-refractivity contribution in [3.8, 4) is 23.5 Å². The molecule has 0 saturated heterocycles. The van der Waals surface area contributed by atoms with E-state index in [1.54, 1.807) is 0 Å². The highest BCUT2D eigenvalue weighted by molar-refractivity contribution is 5.69. The zero-order valence-electron chi connectivity index (χ0n) is 10.5. The van der Waals surface area contributed by atoms with Gasteiger partial charge in [0.1, 0.15) is 5.56 Å². The number of terminal acetylenes is 1. The van der Waals surface area contributed by atoms with Gasteiger partial charge in [-0.2, -0.15) is 13.2 Å². The molecule has 0 aliphatic rings. The van der Waals surface area contributed by atoms with Gasteiger partial charge in [-0.15, -0.1) is 6.42 Å². The number of nitro benzene ring substituents is 1. The third kappa shape index (κ3) is 3.03. The lowest BCUT2D eigenvalue weighted by atomic mass is 10.0. The lowest BCUT2D eigenvalue weighted by Gasteiger charge is -2.08. The molecule has 6 heteroatoms. The highest BCUT2D eigenvalue weighted by Crippen LogP contribution is 2.32. The zero-order valence-corrected chi connectivity index (χ0v) is 10.5. The number of rotatable bonds is 2. The molecule has 0 spiro atoms. The van der Waals surface area contributed by atoms with Crippen LogP contribution in [0.2, 0.25) is 0 Å². The second kappa shape index (κ2) is 5.29. The summed E-state index contributed by atoms with van der Waals surface area (Å²) in [4.78, 5) is 10.2. The minimum absolute atomic E-state index is 0.0809. The van der Waals surface area contributed by atoms with Crippen LogP contribution in [-0.4, -0.2) is 4.92 Å². The van der Waals surface area contributed by atoms with Crippen LogP contribution >= 0.6 is 0 Å². The molecule has 2 aromatic rings. The molecule has 2 aromatic carbocycles. The second-order valence-corrected chi connectivity index (χ2v) is 4.21. The Kier molecular flexibility index (Phi) is 3.68. The molecule has 0 saturated carbocycles. The van der Waals surface area contributed by atoms with E-state index in [0.29, 0.717) is 11.1 Å². The fraction of sp³-hybridized carbons (Fsp3) is 0.0667. The Morgan fingerprint density at radius 1 is 1.05 bits per heavy atom. The first-order valence-corrected chi connectivity index (χ1v) is 5.75. The van der Waals surface area contributed by atoms with Crippen molar-refractivity contribution in [1.82, 2.24) is 0 Å². The Morgan fingerprint density at radius 3 is 2.10 bits per heavy atom. The molecule has 0 atom stereocenters. The maximum Gasteiger partial charge on any atom is 0.416 e. The SMILES string of the molecule is C#Cc1cc(-c2ccc(C(F)(F)F)cc2)ccc1[N+](=O)[O-]. The number of nitrogens with zero attached hydrogens (tertiary/aromatic N) is 1. The molecule has 0 radical (unpaired) electrons. The molecule has 3 nitrogen and oxygen atoms in total. The summed E-state index contributed by atoms with van der Waals surface area (Å²) in [7, 11) is 0. The molecule has 0 fully saturated rings. The topological polar surface area (TPSA) is 43.1 Å². The van der Waals surface area contributed by atoms with Crippen LogP contribution in [0.1, 0.15) is 11.1 Å². The van der Waals surface area contributed by atoms with E-state index < -0.39 is 16.7 Å². The normalized spacial score (nSPS) is 11.0. The van der Waals surface area contributed by atoms with E-state index in [1.807, 2.05) is 0 Å². The lowest BCUT2D eigenvalue weighted by Crippen LogP contribution is -2.04. The summed E-state index contributed by atoms with van der Waals surface area (Å²) in [5, 5.41) is 10.8. The fourth-order valence-electron chi connectivity index (χ4n) is 1.84. The van der Waals surface area contributed by atoms with Gasteiger partial charge in [0, 0.05) is 6.07 Å². The van der Waals surface area contributed by atoms with Gasteiger partial charge in [0.05, 0.1) is 10.5 Å². The standard InChI is InChI=1S/C15H8F3NO2/c1-2-10-9-12(5-8-14(10)19(20)21)11-3-6-13(7-4-11)15(16,17)18/h1,3-9H. The molecule has 0 aliphatic carbocycles. The first-order valence-electron chi connectivity index (χ1n) is 5.75. The summed E-state index contributed by atoms with van der Waals surface area (Å²) < 4.78 is 37.4. The van der Waals surface area contributed by atoms with Gasteiger partial charge in [-0.3, -0.25) is 10.1 Å². The summed E-state index contributed by atoms with van der Waals surface area (Å²) in [5.41, 5.74) is 0.118. The van der Waals surface area contributed by atoms with Gasteiger partial charge in [0.2, 0.25) is 0 Å². The van der Waals surface area contributed by atoms with E-state index in [9.17, 15) is 23.3 Å². The Bertz CT molecular complexity index is 728. The third-order valence-corrected chi connectivity index (χ3v) is 2.89. The maximum atomic E-state index is 12.5. The number of hydrogen-bond donors (Lipinski definition) is 0. The molecular weight excluding hydrogens is 283 g/mol. The van der Waals surface area contributed by atoms with Crippen molar-refractivity contribution in [1.29, 1.82) is 0 Å². The minimum atomic E-state index is -4.40. The Labute approximate surface area is 118 Å². The maximum absolute atomic E-state index is 12.5. The van der Waals surface area contributed by atoms with E-state index >= 15 is 0 Å². The summed E-state index contributed by atoms with van der Waals surface area (Å²) in [5.74, 6) is 2.20. The average Bonchev–Trinajstić information content (AvgIpc) is 2.45. The molecule has 0 amide bonds. The highest BCUT2D eigenvalue weighted by atomic mass is 19.4. The monoisotopic (exact) mass is 291 g/mol. The number of halogens is 3. The van der Waals surface area contributed by atoms with Gasteiger partial charge in [0.15, 0.2) is 0 Å². The van der Waals surface area contributed by atoms with E-state index in [0.717, 1.165) is 12.1 Å². The minimum Gasteiger partial charge on any atom is -0.258 e. The number of hydrogen-bond acceptors (Lipinski definition) is 2. The van der Waals surface area contributed by atoms with Crippen molar-refractivity contribution in [3.05, 3.63) is 63.7 Å². The summed E-state index contributed by atoms with van der Waals surface area (Å²) in [6.45, 7) is 0. The number of nitro groups is 1. The van der Waals surface area contributed by atoms with Crippen LogP contribution in [0.15, 0.2) is 42.5 Å². The molecule has 21 heavy (non-hydrogen) atoms. The predicted molar refractivity (Wildman–Crippen MR) is 71.5 cm³/mol. The van der Waals surface area contributed by atoms with Crippen molar-refractivity contribution in [3.63, 3.8) is 0 Å². The number of alkyl halides is 3. The second-order valence-electron chi connectivity index (χ2n) is 4.21. The Morgan fingerprint density at radius 2 is 1.62 bits per heavy atom. The first kappa shape index (κ1) is 14.6. The fourth-order valence-corrected chi connectivity index (χ4v) is 1.84. The molecule has 0 aliphatic heterocycles. The molecule has 0 aromatic heterocycles. The van der Waals surface area contributed by atoms with E-state index in [4.69, 9.17) is 6.42 Å². The average molecular weight is 291 g/mol. The molecule has 0 unspecified atom stereocenters. The van der Waals surface area contributed by atoms with E-state index in [1.165, 1.54) is 30.3 Å². The van der Waals surface area contributed by atoms with Gasteiger partial charge in [-0.05, 0) is 35.4 Å². The molecular formula is C15H8F3NO2. The predicted octanol–water partition coefficient (Wildman–Crippen LogP) is 4.26. The smallest absolute Gasteiger partial charge is 0.258 e. The summed E-state index contributed by atoms with van der Waals surface area (Å²) >= 11 is 0. The highest BCUT2D eigenvalue weighted by Gasteiger charge is 2.30. The van der Waals surface area contributed by atoms with Crippen LogP contribution in [0.4, 0.5) is 18.9 Å². The van der Waals surface area contributed by atoms with Gasteiger partial charge in [0.25, 0.3) is 5.69 Å². The van der Waals surface area contributed by atoms with Crippen molar-refractivity contribution in [2.45, 2.75) is 6.18 Å². The van der Waals surface area contributed by atoms with Crippen LogP contribution < -0.4 is 0 Å². The van der Waals surface area contributed by atoms with Crippen LogP contribution in [0.5, 0.6) is 0 Å². The quantitative estimate of drug-likeness (QED) is 0.471. The van der Waals surface area contributed by atoms with Gasteiger partial charge < -0.3 is 0 Å².